The predicted octanol–water partition coefficient (Wildman–Crippen LogP) is 3.14. The van der Waals surface area contributed by atoms with Gasteiger partial charge in [0, 0.05) is 0 Å². The summed E-state index contributed by atoms with van der Waals surface area (Å²) in [6, 6.07) is 33.3. The van der Waals surface area contributed by atoms with Gasteiger partial charge in [0.15, 0.2) is 0 Å². The zero-order valence-corrected chi connectivity index (χ0v) is 14.7. The average molecular weight is 326 g/mol. The Balaban J connectivity index is 2.01. The predicted molar refractivity (Wildman–Crippen MR) is 109 cm³/mol. The maximum Gasteiger partial charge on any atom is 0.144 e. The molecule has 1 heterocycles. The number of hydrogen-bond donors (Lipinski definition) is 0. The highest BCUT2D eigenvalue weighted by molar-refractivity contribution is 7.09. The third-order valence-electron chi connectivity index (χ3n) is 5.78. The normalized spacial score (nSPS) is 15.8. The first-order valence-electron chi connectivity index (χ1n) is 9.49. The first-order valence-corrected chi connectivity index (χ1v) is 9.49. The first-order chi connectivity index (χ1) is 12.4. The molecule has 1 fully saturated rings. The molecule has 0 radical (unpaired) electrons. The molecule has 1 saturated heterocycles. The molecule has 25 heavy (non-hydrogen) atoms. The molecule has 3 aromatic rings. The first kappa shape index (κ1) is 16.2. The number of rotatable bonds is 4. The molecule has 1 aliphatic rings. The van der Waals surface area contributed by atoms with Gasteiger partial charge in [-0.15, -0.1) is 0 Å². The molecule has 3 aromatic carbocycles. The Morgan fingerprint density at radius 3 is 1.20 bits per heavy atom. The topological polar surface area (TPSA) is 3.24 Å². The largest absolute Gasteiger partial charge is 0.463 e. The summed E-state index contributed by atoms with van der Waals surface area (Å²) in [6.07, 6.45) is 2.82. The van der Waals surface area contributed by atoms with Crippen LogP contribution in [0.5, 0.6) is 0 Å². The monoisotopic (exact) mass is 326 g/mol. The fourth-order valence-corrected chi connectivity index (χ4v) is 4.71. The maximum atomic E-state index is 2.75. The van der Waals surface area contributed by atoms with Crippen LogP contribution >= 0.6 is 0 Å². The van der Waals surface area contributed by atoms with E-state index in [4.69, 9.17) is 0 Å². The minimum atomic E-state index is -1.11. The van der Waals surface area contributed by atoms with Crippen LogP contribution in [0.25, 0.3) is 0 Å². The fourth-order valence-electron chi connectivity index (χ4n) is 4.71. The number of hydrogen-bond acceptors (Lipinski definition) is 1. The molecule has 0 aliphatic carbocycles. The summed E-state index contributed by atoms with van der Waals surface area (Å²) in [5.41, 5.74) is 4.26. The van der Waals surface area contributed by atoms with E-state index in [0.717, 1.165) is 0 Å². The van der Waals surface area contributed by atoms with Crippen molar-refractivity contribution in [2.45, 2.75) is 19.3 Å². The Hall–Kier alpha value is -2.32. The van der Waals surface area contributed by atoms with Gasteiger partial charge in [-0.3, -0.25) is 0 Å². The molecule has 0 amide bonds. The van der Waals surface area contributed by atoms with Gasteiger partial charge in [-0.25, -0.2) is 0 Å². The van der Waals surface area contributed by atoms with Crippen molar-refractivity contribution in [2.75, 3.05) is 13.1 Å². The van der Waals surface area contributed by atoms with Gasteiger partial charge >= 0.3 is 0 Å². The highest BCUT2D eigenvalue weighted by Gasteiger charge is 2.35. The Kier molecular flexibility index (Phi) is 4.71. The van der Waals surface area contributed by atoms with Crippen LogP contribution in [0.15, 0.2) is 91.0 Å². The van der Waals surface area contributed by atoms with Gasteiger partial charge in [0.25, 0.3) is 0 Å². The third kappa shape index (κ3) is 2.92. The minimum absolute atomic E-state index is 1.11. The van der Waals surface area contributed by atoms with Gasteiger partial charge in [0.05, 0.1) is 0 Å². The van der Waals surface area contributed by atoms with Crippen molar-refractivity contribution in [3.8, 4) is 0 Å². The molecular formula is C23H25BN-. The second kappa shape index (κ2) is 7.29. The van der Waals surface area contributed by atoms with Gasteiger partial charge in [-0.05, 0) is 25.9 Å². The second-order valence-electron chi connectivity index (χ2n) is 7.15. The molecular weight excluding hydrogens is 301 g/mol. The van der Waals surface area contributed by atoms with Gasteiger partial charge in [0.2, 0.25) is 0 Å². The molecule has 0 bridgehead atoms. The molecule has 0 N–H and O–H groups in total. The molecule has 1 aliphatic heterocycles. The van der Waals surface area contributed by atoms with Crippen molar-refractivity contribution < 1.29 is 0 Å². The van der Waals surface area contributed by atoms with Crippen molar-refractivity contribution >= 4 is 22.7 Å². The van der Waals surface area contributed by atoms with Crippen LogP contribution in [0, 0.1) is 0 Å². The summed E-state index contributed by atoms with van der Waals surface area (Å²) >= 11 is 0. The lowest BCUT2D eigenvalue weighted by atomic mass is 9.23. The molecule has 0 unspecified atom stereocenters. The van der Waals surface area contributed by atoms with Crippen LogP contribution in [0.4, 0.5) is 0 Å². The summed E-state index contributed by atoms with van der Waals surface area (Å²) < 4.78 is 0. The third-order valence-corrected chi connectivity index (χ3v) is 5.78. The van der Waals surface area contributed by atoms with E-state index in [2.05, 4.69) is 95.8 Å². The van der Waals surface area contributed by atoms with Crippen LogP contribution < -0.4 is 16.4 Å². The molecule has 0 aromatic heterocycles. The van der Waals surface area contributed by atoms with E-state index in [9.17, 15) is 0 Å². The Morgan fingerprint density at radius 2 is 0.840 bits per heavy atom. The van der Waals surface area contributed by atoms with Crippen LogP contribution in [-0.4, -0.2) is 24.2 Å². The van der Waals surface area contributed by atoms with E-state index in [1.807, 2.05) is 0 Å². The average Bonchev–Trinajstić information content (AvgIpc) is 2.72. The van der Waals surface area contributed by atoms with Gasteiger partial charge in [0.1, 0.15) is 6.28 Å². The Morgan fingerprint density at radius 1 is 0.480 bits per heavy atom. The van der Waals surface area contributed by atoms with E-state index < -0.39 is 6.28 Å². The van der Waals surface area contributed by atoms with Crippen molar-refractivity contribution in [3.05, 3.63) is 91.0 Å². The minimum Gasteiger partial charge on any atom is -0.463 e. The van der Waals surface area contributed by atoms with Crippen LogP contribution in [0.1, 0.15) is 19.3 Å². The summed E-state index contributed by atoms with van der Waals surface area (Å²) in [7, 11) is 0. The van der Waals surface area contributed by atoms with Crippen molar-refractivity contribution in [3.63, 3.8) is 0 Å². The van der Waals surface area contributed by atoms with Crippen LogP contribution in [0.3, 0.4) is 0 Å². The van der Waals surface area contributed by atoms with Crippen LogP contribution in [-0.2, 0) is 0 Å². The van der Waals surface area contributed by atoms with E-state index in [-0.39, 0.29) is 0 Å². The summed E-state index contributed by atoms with van der Waals surface area (Å²) in [5.74, 6) is 0. The van der Waals surface area contributed by atoms with Gasteiger partial charge in [-0.2, -0.15) is 16.4 Å². The summed E-state index contributed by atoms with van der Waals surface area (Å²) in [5, 5.41) is 0. The molecule has 2 heteroatoms. The number of piperidine rings is 1. The van der Waals surface area contributed by atoms with E-state index in [1.54, 1.807) is 0 Å². The summed E-state index contributed by atoms with van der Waals surface area (Å²) in [4.78, 5) is 2.75. The molecule has 1 nitrogen and oxygen atoms in total. The van der Waals surface area contributed by atoms with Crippen LogP contribution in [0.2, 0.25) is 0 Å². The Labute approximate surface area is 151 Å². The molecule has 4 rings (SSSR count). The van der Waals surface area contributed by atoms with Crippen molar-refractivity contribution in [2.24, 2.45) is 0 Å². The van der Waals surface area contributed by atoms with Crippen molar-refractivity contribution in [1.82, 2.24) is 4.81 Å². The number of nitrogens with zero attached hydrogens (tertiary/aromatic N) is 1. The highest BCUT2D eigenvalue weighted by atomic mass is 15.1. The molecule has 0 atom stereocenters. The zero-order valence-electron chi connectivity index (χ0n) is 14.7. The molecule has 0 spiro atoms. The summed E-state index contributed by atoms with van der Waals surface area (Å²) in [6.45, 7) is 2.33. The smallest absolute Gasteiger partial charge is 0.144 e. The lowest BCUT2D eigenvalue weighted by molar-refractivity contribution is 0.353. The Bertz CT molecular complexity index is 683. The van der Waals surface area contributed by atoms with E-state index in [0.29, 0.717) is 0 Å². The standard InChI is InChI=1S/C23H25BN/c1-5-13-21(14-6-1)24(22-15-7-2-8-16-22,23-17-9-3-10-18-23)25-19-11-4-12-20-25/h1-3,5-10,13-18H,4,11-12,19-20H2/q-1. The molecule has 0 saturated carbocycles. The zero-order chi connectivity index (χ0) is 17.0. The van der Waals surface area contributed by atoms with E-state index >= 15 is 0 Å². The lowest BCUT2D eigenvalue weighted by Crippen LogP contribution is -2.77. The quantitative estimate of drug-likeness (QED) is 0.666. The van der Waals surface area contributed by atoms with Gasteiger partial charge < -0.3 is 4.81 Å². The van der Waals surface area contributed by atoms with Crippen molar-refractivity contribution in [1.29, 1.82) is 0 Å². The van der Waals surface area contributed by atoms with Gasteiger partial charge in [-0.1, -0.05) is 97.4 Å². The maximum absolute atomic E-state index is 2.75. The number of benzene rings is 3. The second-order valence-corrected chi connectivity index (χ2v) is 7.15. The fraction of sp³-hybridized carbons (Fsp3) is 0.217. The molecule has 126 valence electrons. The SMILES string of the molecule is c1ccc([B-](c2ccccc2)(c2ccccc2)N2CCCCC2)cc1. The lowest BCUT2D eigenvalue weighted by Gasteiger charge is -2.55. The van der Waals surface area contributed by atoms with E-state index in [1.165, 1.54) is 48.7 Å². The highest BCUT2D eigenvalue weighted by Crippen LogP contribution is 2.19.